The van der Waals surface area contributed by atoms with Crippen molar-refractivity contribution in [3.63, 3.8) is 0 Å². The summed E-state index contributed by atoms with van der Waals surface area (Å²) < 4.78 is 0. The second-order valence-corrected chi connectivity index (χ2v) is 7.67. The van der Waals surface area contributed by atoms with Gasteiger partial charge in [0.1, 0.15) is 11.6 Å². The lowest BCUT2D eigenvalue weighted by Crippen LogP contribution is -2.71. The lowest BCUT2D eigenvalue weighted by Gasteiger charge is -2.48. The van der Waals surface area contributed by atoms with E-state index in [2.05, 4.69) is 19.2 Å². The average Bonchev–Trinajstić information content (AvgIpc) is 2.28. The van der Waals surface area contributed by atoms with Crippen LogP contribution in [0, 0.1) is 11.3 Å². The highest BCUT2D eigenvalue weighted by Gasteiger charge is 2.49. The number of nitrogens with zero attached hydrogens (tertiary/aromatic N) is 1. The van der Waals surface area contributed by atoms with Gasteiger partial charge in [-0.2, -0.15) is 0 Å². The molecular weight excluding hydrogens is 252 g/mol. The summed E-state index contributed by atoms with van der Waals surface area (Å²) in [6.07, 6.45) is 2.17. The Morgan fingerprint density at radius 2 is 1.85 bits per heavy atom. The quantitative estimate of drug-likeness (QED) is 0.861. The van der Waals surface area contributed by atoms with Crippen molar-refractivity contribution >= 4 is 11.8 Å². The van der Waals surface area contributed by atoms with Crippen molar-refractivity contribution in [3.05, 3.63) is 0 Å². The van der Waals surface area contributed by atoms with Crippen LogP contribution in [0.5, 0.6) is 0 Å². The number of hydrogen-bond acceptors (Lipinski definition) is 2. The molecule has 0 aromatic heterocycles. The fourth-order valence-corrected chi connectivity index (χ4v) is 2.72. The van der Waals surface area contributed by atoms with Crippen LogP contribution in [0.2, 0.25) is 0 Å². The maximum atomic E-state index is 12.8. The third kappa shape index (κ3) is 3.33. The lowest BCUT2D eigenvalue weighted by atomic mass is 9.81. The highest BCUT2D eigenvalue weighted by atomic mass is 16.2. The van der Waals surface area contributed by atoms with E-state index in [0.29, 0.717) is 12.5 Å². The fourth-order valence-electron chi connectivity index (χ4n) is 2.72. The standard InChI is InChI=1S/C16H30N2O2/c1-8-9-11(2)10-18-13(19)12(15(3,4)5)17-14(20)16(18,6)7/h11-12H,8-10H2,1-7H3,(H,17,20). The van der Waals surface area contributed by atoms with Gasteiger partial charge in [0.15, 0.2) is 0 Å². The molecule has 0 radical (unpaired) electrons. The average molecular weight is 282 g/mol. The summed E-state index contributed by atoms with van der Waals surface area (Å²) in [6.45, 7) is 14.6. The normalized spacial score (nSPS) is 24.6. The van der Waals surface area contributed by atoms with E-state index in [9.17, 15) is 9.59 Å². The highest BCUT2D eigenvalue weighted by molar-refractivity contribution is 5.99. The molecule has 2 atom stereocenters. The van der Waals surface area contributed by atoms with Crippen molar-refractivity contribution in [2.24, 2.45) is 11.3 Å². The van der Waals surface area contributed by atoms with E-state index >= 15 is 0 Å². The van der Waals surface area contributed by atoms with Crippen LogP contribution in [0.1, 0.15) is 61.3 Å². The molecule has 20 heavy (non-hydrogen) atoms. The minimum atomic E-state index is -0.763. The Hall–Kier alpha value is -1.06. The van der Waals surface area contributed by atoms with E-state index in [0.717, 1.165) is 12.8 Å². The number of hydrogen-bond donors (Lipinski definition) is 1. The third-order valence-corrected chi connectivity index (χ3v) is 4.16. The van der Waals surface area contributed by atoms with Gasteiger partial charge in [-0.25, -0.2) is 0 Å². The van der Waals surface area contributed by atoms with Crippen LogP contribution in [0.4, 0.5) is 0 Å². The third-order valence-electron chi connectivity index (χ3n) is 4.16. The zero-order chi connectivity index (χ0) is 15.7. The molecule has 1 fully saturated rings. The summed E-state index contributed by atoms with van der Waals surface area (Å²) in [5.74, 6) is 0.403. The molecule has 1 aliphatic heterocycles. The summed E-state index contributed by atoms with van der Waals surface area (Å²) in [5, 5.41) is 2.90. The van der Waals surface area contributed by atoms with E-state index < -0.39 is 11.6 Å². The van der Waals surface area contributed by atoms with Gasteiger partial charge in [-0.1, -0.05) is 41.0 Å². The first-order chi connectivity index (χ1) is 9.01. The monoisotopic (exact) mass is 282 g/mol. The Morgan fingerprint density at radius 1 is 1.30 bits per heavy atom. The van der Waals surface area contributed by atoms with Gasteiger partial charge >= 0.3 is 0 Å². The van der Waals surface area contributed by atoms with E-state index in [1.165, 1.54) is 0 Å². The van der Waals surface area contributed by atoms with Crippen LogP contribution in [0.3, 0.4) is 0 Å². The summed E-state index contributed by atoms with van der Waals surface area (Å²) in [4.78, 5) is 26.9. The maximum Gasteiger partial charge on any atom is 0.246 e. The van der Waals surface area contributed by atoms with Crippen LogP contribution in [0.15, 0.2) is 0 Å². The van der Waals surface area contributed by atoms with Crippen molar-refractivity contribution in [1.82, 2.24) is 10.2 Å². The SMILES string of the molecule is CCCC(C)CN1C(=O)C(C(C)(C)C)NC(=O)C1(C)C. The van der Waals surface area contributed by atoms with Gasteiger partial charge < -0.3 is 10.2 Å². The molecule has 0 saturated carbocycles. The Bertz CT molecular complexity index is 382. The van der Waals surface area contributed by atoms with Gasteiger partial charge in [0.2, 0.25) is 11.8 Å². The number of carbonyl (C=O) groups excluding carboxylic acids is 2. The predicted octanol–water partition coefficient (Wildman–Crippen LogP) is 2.57. The molecule has 0 aromatic rings. The lowest BCUT2D eigenvalue weighted by molar-refractivity contribution is -0.159. The molecule has 1 aliphatic rings. The van der Waals surface area contributed by atoms with Crippen LogP contribution in [0.25, 0.3) is 0 Å². The Labute approximate surface area is 123 Å². The summed E-state index contributed by atoms with van der Waals surface area (Å²) >= 11 is 0. The van der Waals surface area contributed by atoms with Crippen LogP contribution >= 0.6 is 0 Å². The second-order valence-electron chi connectivity index (χ2n) is 7.67. The molecule has 4 heteroatoms. The predicted molar refractivity (Wildman–Crippen MR) is 81.2 cm³/mol. The number of amides is 2. The van der Waals surface area contributed by atoms with Crippen molar-refractivity contribution in [3.8, 4) is 0 Å². The molecule has 1 heterocycles. The van der Waals surface area contributed by atoms with Gasteiger partial charge in [0.25, 0.3) is 0 Å². The van der Waals surface area contributed by atoms with Crippen LogP contribution in [-0.4, -0.2) is 34.8 Å². The highest BCUT2D eigenvalue weighted by Crippen LogP contribution is 2.30. The van der Waals surface area contributed by atoms with Crippen LogP contribution < -0.4 is 5.32 Å². The van der Waals surface area contributed by atoms with Crippen molar-refractivity contribution in [2.75, 3.05) is 6.54 Å². The number of piperazine rings is 1. The topological polar surface area (TPSA) is 49.4 Å². The molecule has 1 saturated heterocycles. The van der Waals surface area contributed by atoms with Crippen LogP contribution in [-0.2, 0) is 9.59 Å². The number of carbonyl (C=O) groups is 2. The summed E-state index contributed by atoms with van der Waals surface area (Å²) in [7, 11) is 0. The van der Waals surface area contributed by atoms with Gasteiger partial charge in [0.05, 0.1) is 0 Å². The molecule has 2 amide bonds. The van der Waals surface area contributed by atoms with Gasteiger partial charge in [0, 0.05) is 6.54 Å². The van der Waals surface area contributed by atoms with E-state index in [4.69, 9.17) is 0 Å². The Kier molecular flexibility index (Phi) is 4.88. The maximum absolute atomic E-state index is 12.8. The smallest absolute Gasteiger partial charge is 0.246 e. The first-order valence-electron chi connectivity index (χ1n) is 7.64. The molecule has 0 aliphatic carbocycles. The molecule has 0 aromatic carbocycles. The van der Waals surface area contributed by atoms with Crippen molar-refractivity contribution < 1.29 is 9.59 Å². The van der Waals surface area contributed by atoms with Crippen molar-refractivity contribution in [1.29, 1.82) is 0 Å². The van der Waals surface area contributed by atoms with E-state index in [1.54, 1.807) is 4.90 Å². The Balaban J connectivity index is 3.02. The molecule has 0 bridgehead atoms. The summed E-state index contributed by atoms with van der Waals surface area (Å²) in [6, 6.07) is -0.433. The largest absolute Gasteiger partial charge is 0.342 e. The second kappa shape index (κ2) is 5.74. The molecule has 1 rings (SSSR count). The molecule has 1 N–H and O–H groups in total. The van der Waals surface area contributed by atoms with Crippen molar-refractivity contribution in [2.45, 2.75) is 72.9 Å². The molecule has 2 unspecified atom stereocenters. The first kappa shape index (κ1) is 17.0. The number of rotatable bonds is 4. The van der Waals surface area contributed by atoms with Gasteiger partial charge in [-0.05, 0) is 31.6 Å². The summed E-state index contributed by atoms with van der Waals surface area (Å²) in [5.41, 5.74) is -1.03. The zero-order valence-electron chi connectivity index (χ0n) is 14.0. The molecule has 116 valence electrons. The minimum absolute atomic E-state index is 0.0463. The zero-order valence-corrected chi connectivity index (χ0v) is 14.0. The van der Waals surface area contributed by atoms with Gasteiger partial charge in [-0.15, -0.1) is 0 Å². The Morgan fingerprint density at radius 3 is 2.30 bits per heavy atom. The first-order valence-corrected chi connectivity index (χ1v) is 7.64. The van der Waals surface area contributed by atoms with Gasteiger partial charge in [-0.3, -0.25) is 9.59 Å². The minimum Gasteiger partial charge on any atom is -0.342 e. The molecule has 4 nitrogen and oxygen atoms in total. The number of nitrogens with one attached hydrogen (secondary N) is 1. The van der Waals surface area contributed by atoms with E-state index in [-0.39, 0.29) is 17.2 Å². The van der Waals surface area contributed by atoms with E-state index in [1.807, 2.05) is 34.6 Å². The molecular formula is C16H30N2O2. The fraction of sp³-hybridized carbons (Fsp3) is 0.875. The molecule has 0 spiro atoms.